The fraction of sp³-hybridized carbons (Fsp3) is 0.220. The number of para-hydroxylation sites is 1. The van der Waals surface area contributed by atoms with Crippen molar-refractivity contribution in [1.82, 2.24) is 10.6 Å². The van der Waals surface area contributed by atoms with Crippen LogP contribution in [0.4, 0.5) is 5.69 Å². The highest BCUT2D eigenvalue weighted by atomic mass is 15.3. The third kappa shape index (κ3) is 5.97. The highest BCUT2D eigenvalue weighted by Crippen LogP contribution is 2.39. The summed E-state index contributed by atoms with van der Waals surface area (Å²) in [5.41, 5.74) is 19.8. The molecule has 4 aromatic rings. The second kappa shape index (κ2) is 12.9. The quantitative estimate of drug-likeness (QED) is 0.182. The maximum atomic E-state index is 6.84. The third-order valence-electron chi connectivity index (χ3n) is 9.67. The fourth-order valence-corrected chi connectivity index (χ4v) is 7.10. The molecule has 4 heteroatoms. The first-order chi connectivity index (χ1) is 22.1. The smallest absolute Gasteiger partial charge is 0.103 e. The molecule has 0 fully saturated rings. The van der Waals surface area contributed by atoms with Crippen molar-refractivity contribution in [2.45, 2.75) is 50.6 Å². The lowest BCUT2D eigenvalue weighted by Gasteiger charge is -2.42. The van der Waals surface area contributed by atoms with Gasteiger partial charge in [-0.2, -0.15) is 0 Å². The maximum Gasteiger partial charge on any atom is 0.103 e. The molecule has 7 rings (SSSR count). The Morgan fingerprint density at radius 2 is 1.58 bits per heavy atom. The van der Waals surface area contributed by atoms with Crippen molar-refractivity contribution in [3.63, 3.8) is 0 Å². The van der Waals surface area contributed by atoms with Crippen LogP contribution in [0.15, 0.2) is 145 Å². The number of rotatable bonds is 8. The highest BCUT2D eigenvalue weighted by molar-refractivity contribution is 5.69. The van der Waals surface area contributed by atoms with Gasteiger partial charge < -0.3 is 10.6 Å². The topological polar surface area (TPSA) is 53.3 Å². The van der Waals surface area contributed by atoms with Crippen LogP contribution in [-0.2, 0) is 0 Å². The van der Waals surface area contributed by atoms with Gasteiger partial charge in [0.1, 0.15) is 6.17 Å². The second-order valence-electron chi connectivity index (χ2n) is 12.4. The molecule has 4 nitrogen and oxygen atoms in total. The molecular formula is C41H42N4. The fourth-order valence-electron chi connectivity index (χ4n) is 7.10. The Hall–Kier alpha value is -4.48. The van der Waals surface area contributed by atoms with Crippen molar-refractivity contribution in [3.05, 3.63) is 178 Å². The molecule has 45 heavy (non-hydrogen) atoms. The van der Waals surface area contributed by atoms with Crippen molar-refractivity contribution in [1.29, 1.82) is 0 Å². The van der Waals surface area contributed by atoms with Crippen molar-refractivity contribution < 1.29 is 0 Å². The molecular weight excluding hydrogens is 548 g/mol. The van der Waals surface area contributed by atoms with Crippen LogP contribution in [0.1, 0.15) is 64.7 Å². The number of allylic oxidation sites excluding steroid dienone is 6. The van der Waals surface area contributed by atoms with Gasteiger partial charge in [-0.1, -0.05) is 127 Å². The van der Waals surface area contributed by atoms with E-state index >= 15 is 0 Å². The predicted molar refractivity (Wildman–Crippen MR) is 188 cm³/mol. The summed E-state index contributed by atoms with van der Waals surface area (Å²) >= 11 is 0. The Bertz CT molecular complexity index is 1780. The summed E-state index contributed by atoms with van der Waals surface area (Å²) in [5, 5.41) is 7.71. The molecule has 1 heterocycles. The van der Waals surface area contributed by atoms with Crippen LogP contribution < -0.4 is 21.3 Å². The predicted octanol–water partition coefficient (Wildman–Crippen LogP) is 8.10. The normalized spacial score (nSPS) is 20.6. The van der Waals surface area contributed by atoms with Crippen LogP contribution in [0.5, 0.6) is 0 Å². The van der Waals surface area contributed by atoms with Gasteiger partial charge in [-0.15, -0.1) is 0 Å². The van der Waals surface area contributed by atoms with E-state index in [0.717, 1.165) is 19.3 Å². The molecule has 4 aromatic carbocycles. The van der Waals surface area contributed by atoms with E-state index in [2.05, 4.69) is 163 Å². The summed E-state index contributed by atoms with van der Waals surface area (Å²) in [6.07, 6.45) is 14.0. The Morgan fingerprint density at radius 3 is 2.31 bits per heavy atom. The SMILES string of the molecule is Cc1ccccc1C(NC(N)C1=CC=C(c2ccc(C3NC(C4=CC=CC4)N(C)c4ccccc43)cc2)CC1)c1ccccc1. The zero-order valence-corrected chi connectivity index (χ0v) is 26.2. The monoisotopic (exact) mass is 590 g/mol. The molecule has 226 valence electrons. The van der Waals surface area contributed by atoms with E-state index in [1.165, 1.54) is 55.8 Å². The third-order valence-corrected chi connectivity index (χ3v) is 9.67. The van der Waals surface area contributed by atoms with E-state index in [-0.39, 0.29) is 24.4 Å². The van der Waals surface area contributed by atoms with Gasteiger partial charge in [0.05, 0.1) is 18.2 Å². The van der Waals surface area contributed by atoms with Gasteiger partial charge in [0.15, 0.2) is 0 Å². The van der Waals surface area contributed by atoms with Crippen molar-refractivity contribution in [2.24, 2.45) is 5.73 Å². The standard InChI is InChI=1S/C41H42N4/c1-28-12-6-9-17-35(28)38(31-13-4-3-5-14-31)43-40(42)33-26-22-30(23-27-33)29-20-24-32(25-21-29)39-36-18-10-11-19-37(36)45(2)41(44-39)34-15-7-8-16-34/h3-15,17-22,24-26,38-41,43-44H,16,23,27,42H2,1-2H3. The van der Waals surface area contributed by atoms with Crippen LogP contribution in [0.3, 0.4) is 0 Å². The molecule has 0 saturated heterocycles. The number of fused-ring (bicyclic) bond motifs is 1. The summed E-state index contributed by atoms with van der Waals surface area (Å²) < 4.78 is 0. The summed E-state index contributed by atoms with van der Waals surface area (Å²) in [6.45, 7) is 2.17. The first-order valence-corrected chi connectivity index (χ1v) is 16.1. The van der Waals surface area contributed by atoms with Crippen molar-refractivity contribution in [2.75, 3.05) is 11.9 Å². The highest BCUT2D eigenvalue weighted by Gasteiger charge is 2.32. The summed E-state index contributed by atoms with van der Waals surface area (Å²) in [5.74, 6) is 0. The minimum absolute atomic E-state index is 0.0281. The van der Waals surface area contributed by atoms with Gasteiger partial charge in [0.25, 0.3) is 0 Å². The zero-order chi connectivity index (χ0) is 30.8. The zero-order valence-electron chi connectivity index (χ0n) is 26.2. The molecule has 4 N–H and O–H groups in total. The van der Waals surface area contributed by atoms with E-state index in [0.29, 0.717) is 0 Å². The summed E-state index contributed by atoms with van der Waals surface area (Å²) in [6, 6.07) is 37.3. The molecule has 0 radical (unpaired) electrons. The van der Waals surface area contributed by atoms with E-state index in [1.807, 2.05) is 0 Å². The molecule has 4 atom stereocenters. The van der Waals surface area contributed by atoms with Gasteiger partial charge in [-0.05, 0) is 82.4 Å². The summed E-state index contributed by atoms with van der Waals surface area (Å²) in [7, 11) is 2.19. The van der Waals surface area contributed by atoms with E-state index in [4.69, 9.17) is 5.73 Å². The molecule has 0 saturated carbocycles. The average Bonchev–Trinajstić information content (AvgIpc) is 3.63. The minimum atomic E-state index is -0.233. The average molecular weight is 591 g/mol. The lowest BCUT2D eigenvalue weighted by atomic mass is 9.88. The van der Waals surface area contributed by atoms with Crippen LogP contribution in [0, 0.1) is 6.92 Å². The minimum Gasteiger partial charge on any atom is -0.355 e. The number of nitrogens with zero attached hydrogens (tertiary/aromatic N) is 1. The number of anilines is 1. The molecule has 0 amide bonds. The van der Waals surface area contributed by atoms with E-state index in [1.54, 1.807) is 0 Å². The maximum absolute atomic E-state index is 6.84. The molecule has 0 spiro atoms. The number of hydrogen-bond donors (Lipinski definition) is 3. The largest absolute Gasteiger partial charge is 0.355 e. The lowest BCUT2D eigenvalue weighted by Crippen LogP contribution is -2.50. The number of nitrogens with one attached hydrogen (secondary N) is 2. The number of hydrogen-bond acceptors (Lipinski definition) is 4. The van der Waals surface area contributed by atoms with Gasteiger partial charge in [0, 0.05) is 12.7 Å². The van der Waals surface area contributed by atoms with Crippen LogP contribution >= 0.6 is 0 Å². The Balaban J connectivity index is 1.09. The summed E-state index contributed by atoms with van der Waals surface area (Å²) in [4.78, 5) is 2.37. The van der Waals surface area contributed by atoms with Crippen LogP contribution in [0.2, 0.25) is 0 Å². The second-order valence-corrected chi connectivity index (χ2v) is 12.4. The molecule has 0 bridgehead atoms. The number of benzene rings is 4. The van der Waals surface area contributed by atoms with Crippen LogP contribution in [-0.4, -0.2) is 19.4 Å². The van der Waals surface area contributed by atoms with Gasteiger partial charge >= 0.3 is 0 Å². The molecule has 1 aliphatic heterocycles. The van der Waals surface area contributed by atoms with Gasteiger partial charge in [-0.25, -0.2) is 0 Å². The van der Waals surface area contributed by atoms with Crippen LogP contribution in [0.25, 0.3) is 5.57 Å². The lowest BCUT2D eigenvalue weighted by molar-refractivity contribution is 0.480. The van der Waals surface area contributed by atoms with Gasteiger partial charge in [-0.3, -0.25) is 10.6 Å². The van der Waals surface area contributed by atoms with E-state index in [9.17, 15) is 0 Å². The first-order valence-electron chi connectivity index (χ1n) is 16.1. The molecule has 4 unspecified atom stereocenters. The molecule has 2 aliphatic carbocycles. The number of aryl methyl sites for hydroxylation is 1. The molecule has 3 aliphatic rings. The number of nitrogens with two attached hydrogens (primary N) is 1. The van der Waals surface area contributed by atoms with Crippen molar-refractivity contribution in [3.8, 4) is 0 Å². The molecule has 0 aromatic heterocycles. The first kappa shape index (κ1) is 29.2. The van der Waals surface area contributed by atoms with E-state index < -0.39 is 0 Å². The van der Waals surface area contributed by atoms with Crippen molar-refractivity contribution >= 4 is 11.3 Å². The Labute approximate surface area is 267 Å². The number of likely N-dealkylation sites (N-methyl/N-ethyl adjacent to an activating group) is 1. The van der Waals surface area contributed by atoms with Gasteiger partial charge in [0.2, 0.25) is 0 Å². The Morgan fingerprint density at radius 1 is 0.822 bits per heavy atom. The Kier molecular flexibility index (Phi) is 8.36.